The van der Waals surface area contributed by atoms with Crippen molar-refractivity contribution in [2.45, 2.75) is 58.0 Å². The van der Waals surface area contributed by atoms with Crippen molar-refractivity contribution in [3.63, 3.8) is 0 Å². The summed E-state index contributed by atoms with van der Waals surface area (Å²) in [6.45, 7) is 9.57. The fourth-order valence-corrected chi connectivity index (χ4v) is 3.39. The number of hydrogen-bond acceptors (Lipinski definition) is 4. The first-order valence-electron chi connectivity index (χ1n) is 8.68. The SMILES string of the molecule is CCCNC1CCC(C)CC1N(CCCOC)CCOC. The van der Waals surface area contributed by atoms with E-state index in [0.29, 0.717) is 12.1 Å². The Balaban J connectivity index is 2.61. The summed E-state index contributed by atoms with van der Waals surface area (Å²) in [5.41, 5.74) is 0. The molecule has 1 saturated carbocycles. The van der Waals surface area contributed by atoms with Gasteiger partial charge in [-0.05, 0) is 44.6 Å². The molecule has 1 N–H and O–H groups in total. The van der Waals surface area contributed by atoms with E-state index in [2.05, 4.69) is 24.1 Å². The van der Waals surface area contributed by atoms with E-state index in [0.717, 1.165) is 45.2 Å². The summed E-state index contributed by atoms with van der Waals surface area (Å²) >= 11 is 0. The molecule has 0 spiro atoms. The smallest absolute Gasteiger partial charge is 0.0589 e. The Bertz CT molecular complexity index is 249. The molecule has 21 heavy (non-hydrogen) atoms. The van der Waals surface area contributed by atoms with Crippen molar-refractivity contribution in [3.05, 3.63) is 0 Å². The summed E-state index contributed by atoms with van der Waals surface area (Å²) < 4.78 is 10.5. The van der Waals surface area contributed by atoms with E-state index in [1.807, 2.05) is 0 Å². The molecule has 4 heteroatoms. The van der Waals surface area contributed by atoms with Crippen LogP contribution in [0.1, 0.15) is 46.0 Å². The third kappa shape index (κ3) is 7.09. The van der Waals surface area contributed by atoms with E-state index in [4.69, 9.17) is 9.47 Å². The standard InChI is InChI=1S/C17H36N2O2/c1-5-9-18-16-8-7-15(2)14-17(16)19(11-13-21-4)10-6-12-20-3/h15-18H,5-14H2,1-4H3. The lowest BCUT2D eigenvalue weighted by Crippen LogP contribution is -2.54. The molecule has 4 nitrogen and oxygen atoms in total. The molecule has 0 saturated heterocycles. The third-order valence-electron chi connectivity index (χ3n) is 4.58. The van der Waals surface area contributed by atoms with Crippen LogP contribution in [0.4, 0.5) is 0 Å². The van der Waals surface area contributed by atoms with Crippen molar-refractivity contribution in [1.82, 2.24) is 10.2 Å². The average Bonchev–Trinajstić information content (AvgIpc) is 2.49. The van der Waals surface area contributed by atoms with Crippen molar-refractivity contribution in [1.29, 1.82) is 0 Å². The Labute approximate surface area is 131 Å². The molecule has 0 heterocycles. The molecule has 0 aromatic carbocycles. The summed E-state index contributed by atoms with van der Waals surface area (Å²) in [4.78, 5) is 2.63. The van der Waals surface area contributed by atoms with Crippen molar-refractivity contribution in [2.24, 2.45) is 5.92 Å². The van der Waals surface area contributed by atoms with Gasteiger partial charge in [-0.2, -0.15) is 0 Å². The second-order valence-electron chi connectivity index (χ2n) is 6.42. The summed E-state index contributed by atoms with van der Waals surface area (Å²) in [6, 6.07) is 1.29. The van der Waals surface area contributed by atoms with Gasteiger partial charge in [0.2, 0.25) is 0 Å². The van der Waals surface area contributed by atoms with Gasteiger partial charge in [0.05, 0.1) is 6.61 Å². The third-order valence-corrected chi connectivity index (χ3v) is 4.58. The molecule has 1 fully saturated rings. The van der Waals surface area contributed by atoms with Crippen molar-refractivity contribution in [3.8, 4) is 0 Å². The first kappa shape index (κ1) is 18.9. The number of nitrogens with one attached hydrogen (secondary N) is 1. The highest BCUT2D eigenvalue weighted by Crippen LogP contribution is 2.28. The van der Waals surface area contributed by atoms with Gasteiger partial charge in [0.25, 0.3) is 0 Å². The Hall–Kier alpha value is -0.160. The highest BCUT2D eigenvalue weighted by atomic mass is 16.5. The van der Waals surface area contributed by atoms with Crippen LogP contribution >= 0.6 is 0 Å². The molecule has 3 unspecified atom stereocenters. The van der Waals surface area contributed by atoms with E-state index in [9.17, 15) is 0 Å². The molecular weight excluding hydrogens is 264 g/mol. The minimum atomic E-state index is 0.639. The number of rotatable bonds is 11. The van der Waals surface area contributed by atoms with E-state index in [1.54, 1.807) is 14.2 Å². The second kappa shape index (κ2) is 11.4. The molecule has 0 aromatic heterocycles. The van der Waals surface area contributed by atoms with Crippen LogP contribution in [0.3, 0.4) is 0 Å². The van der Waals surface area contributed by atoms with Crippen LogP contribution in [-0.4, -0.2) is 64.1 Å². The van der Waals surface area contributed by atoms with Crippen LogP contribution in [0.5, 0.6) is 0 Å². The largest absolute Gasteiger partial charge is 0.385 e. The lowest BCUT2D eigenvalue weighted by molar-refractivity contribution is 0.0629. The van der Waals surface area contributed by atoms with Crippen LogP contribution in [0.2, 0.25) is 0 Å². The topological polar surface area (TPSA) is 33.7 Å². The Kier molecular flexibility index (Phi) is 10.3. The fraction of sp³-hybridized carbons (Fsp3) is 1.00. The zero-order chi connectivity index (χ0) is 15.5. The lowest BCUT2D eigenvalue weighted by Gasteiger charge is -2.42. The number of nitrogens with zero attached hydrogens (tertiary/aromatic N) is 1. The highest BCUT2D eigenvalue weighted by molar-refractivity contribution is 4.90. The van der Waals surface area contributed by atoms with Crippen LogP contribution in [0, 0.1) is 5.92 Å². The van der Waals surface area contributed by atoms with Crippen LogP contribution in [0.25, 0.3) is 0 Å². The molecule has 0 aromatic rings. The number of ether oxygens (including phenoxy) is 2. The molecule has 1 rings (SSSR count). The normalized spacial score (nSPS) is 26.4. The van der Waals surface area contributed by atoms with Gasteiger partial charge >= 0.3 is 0 Å². The van der Waals surface area contributed by atoms with Gasteiger partial charge in [0.15, 0.2) is 0 Å². The maximum absolute atomic E-state index is 5.32. The monoisotopic (exact) mass is 300 g/mol. The van der Waals surface area contributed by atoms with E-state index >= 15 is 0 Å². The lowest BCUT2D eigenvalue weighted by atomic mass is 9.82. The van der Waals surface area contributed by atoms with Gasteiger partial charge in [-0.15, -0.1) is 0 Å². The van der Waals surface area contributed by atoms with Crippen molar-refractivity contribution < 1.29 is 9.47 Å². The van der Waals surface area contributed by atoms with Crippen LogP contribution < -0.4 is 5.32 Å². The molecular formula is C17H36N2O2. The summed E-state index contributed by atoms with van der Waals surface area (Å²) in [5, 5.41) is 3.78. The van der Waals surface area contributed by atoms with Gasteiger partial charge in [-0.25, -0.2) is 0 Å². The molecule has 1 aliphatic carbocycles. The second-order valence-corrected chi connectivity index (χ2v) is 6.42. The van der Waals surface area contributed by atoms with E-state index < -0.39 is 0 Å². The molecule has 0 amide bonds. The van der Waals surface area contributed by atoms with Crippen LogP contribution in [-0.2, 0) is 9.47 Å². The van der Waals surface area contributed by atoms with Crippen LogP contribution in [0.15, 0.2) is 0 Å². The van der Waals surface area contributed by atoms with Gasteiger partial charge < -0.3 is 14.8 Å². The van der Waals surface area contributed by atoms with E-state index in [1.165, 1.54) is 25.7 Å². The summed E-state index contributed by atoms with van der Waals surface area (Å²) in [7, 11) is 3.58. The fourth-order valence-electron chi connectivity index (χ4n) is 3.39. The number of hydrogen-bond donors (Lipinski definition) is 1. The van der Waals surface area contributed by atoms with E-state index in [-0.39, 0.29) is 0 Å². The molecule has 0 radical (unpaired) electrons. The number of methoxy groups -OCH3 is 2. The van der Waals surface area contributed by atoms with Gasteiger partial charge in [0, 0.05) is 46.0 Å². The Morgan fingerprint density at radius 2 is 1.86 bits per heavy atom. The zero-order valence-electron chi connectivity index (χ0n) is 14.6. The summed E-state index contributed by atoms with van der Waals surface area (Å²) in [5.74, 6) is 0.835. The van der Waals surface area contributed by atoms with Gasteiger partial charge in [-0.3, -0.25) is 4.90 Å². The van der Waals surface area contributed by atoms with Gasteiger partial charge in [0.1, 0.15) is 0 Å². The predicted octanol–water partition coefficient (Wildman–Crippen LogP) is 2.53. The van der Waals surface area contributed by atoms with Crippen molar-refractivity contribution in [2.75, 3.05) is 47.1 Å². The minimum Gasteiger partial charge on any atom is -0.385 e. The quantitative estimate of drug-likeness (QED) is 0.595. The average molecular weight is 300 g/mol. The Morgan fingerprint density at radius 1 is 1.10 bits per heavy atom. The molecule has 1 aliphatic rings. The molecule has 0 aliphatic heterocycles. The first-order chi connectivity index (χ1) is 10.2. The molecule has 126 valence electrons. The highest BCUT2D eigenvalue weighted by Gasteiger charge is 2.32. The maximum atomic E-state index is 5.32. The molecule has 0 bridgehead atoms. The zero-order valence-corrected chi connectivity index (χ0v) is 14.6. The Morgan fingerprint density at radius 3 is 2.52 bits per heavy atom. The molecule has 3 atom stereocenters. The predicted molar refractivity (Wildman–Crippen MR) is 88.8 cm³/mol. The first-order valence-corrected chi connectivity index (χ1v) is 8.68. The minimum absolute atomic E-state index is 0.639. The maximum Gasteiger partial charge on any atom is 0.0589 e. The van der Waals surface area contributed by atoms with Gasteiger partial charge in [-0.1, -0.05) is 13.8 Å². The summed E-state index contributed by atoms with van der Waals surface area (Å²) in [6.07, 6.45) is 6.28. The van der Waals surface area contributed by atoms with Crippen molar-refractivity contribution >= 4 is 0 Å².